The van der Waals surface area contributed by atoms with Crippen LogP contribution in [0.25, 0.3) is 0 Å². The van der Waals surface area contributed by atoms with E-state index < -0.39 is 12.2 Å². The molecular weight excluding hydrogens is 493 g/mol. The number of nitrogens with one attached hydrogen (secondary N) is 1. The van der Waals surface area contributed by atoms with E-state index in [4.69, 9.17) is 16.3 Å². The number of benzene rings is 3. The Labute approximate surface area is 220 Å². The van der Waals surface area contributed by atoms with Crippen LogP contribution in [0.5, 0.6) is 0 Å². The molecule has 0 spiro atoms. The molecular formula is C28H27ClFN5O2. The summed E-state index contributed by atoms with van der Waals surface area (Å²) < 4.78 is 20.9. The number of carbonyl (C=O) groups is 1. The lowest BCUT2D eigenvalue weighted by Crippen LogP contribution is -2.46. The van der Waals surface area contributed by atoms with E-state index in [1.807, 2.05) is 53.1 Å². The van der Waals surface area contributed by atoms with E-state index in [-0.39, 0.29) is 5.82 Å². The number of amides is 1. The first-order chi connectivity index (χ1) is 18.0. The van der Waals surface area contributed by atoms with Crippen molar-refractivity contribution in [1.82, 2.24) is 9.55 Å². The quantitative estimate of drug-likeness (QED) is 0.325. The number of ether oxygens (including phenoxy) is 1. The van der Waals surface area contributed by atoms with Crippen LogP contribution in [-0.4, -0.2) is 41.8 Å². The fourth-order valence-electron chi connectivity index (χ4n) is 4.38. The van der Waals surface area contributed by atoms with Gasteiger partial charge in [-0.1, -0.05) is 23.7 Å². The second-order valence-corrected chi connectivity index (χ2v) is 9.26. The number of nitrogens with zero attached hydrogens (tertiary/aromatic N) is 4. The third kappa shape index (κ3) is 6.40. The molecule has 1 aliphatic heterocycles. The number of aromatic nitrogens is 2. The van der Waals surface area contributed by atoms with Crippen molar-refractivity contribution in [1.29, 1.82) is 0 Å². The van der Waals surface area contributed by atoms with Gasteiger partial charge in [0.15, 0.2) is 0 Å². The van der Waals surface area contributed by atoms with Crippen LogP contribution in [0, 0.1) is 5.82 Å². The molecule has 0 unspecified atom stereocenters. The lowest BCUT2D eigenvalue weighted by molar-refractivity contribution is 0.0997. The maximum Gasteiger partial charge on any atom is 0.412 e. The molecule has 0 saturated carbocycles. The Morgan fingerprint density at radius 3 is 2.08 bits per heavy atom. The molecule has 1 N–H and O–H groups in total. The molecule has 0 aliphatic carbocycles. The van der Waals surface area contributed by atoms with Gasteiger partial charge in [0.1, 0.15) is 11.9 Å². The summed E-state index contributed by atoms with van der Waals surface area (Å²) in [6, 6.07) is 21.6. The van der Waals surface area contributed by atoms with Gasteiger partial charge in [-0.2, -0.15) is 0 Å². The van der Waals surface area contributed by atoms with Crippen LogP contribution < -0.4 is 15.1 Å². The average molecular weight is 520 g/mol. The molecule has 7 nitrogen and oxygen atoms in total. The van der Waals surface area contributed by atoms with Crippen molar-refractivity contribution in [2.75, 3.05) is 41.3 Å². The molecule has 1 aromatic heterocycles. The molecule has 1 aliphatic rings. The van der Waals surface area contributed by atoms with E-state index in [0.29, 0.717) is 17.8 Å². The Balaban J connectivity index is 1.17. The fourth-order valence-corrected chi connectivity index (χ4v) is 4.51. The number of imidazole rings is 1. The van der Waals surface area contributed by atoms with E-state index in [9.17, 15) is 9.18 Å². The van der Waals surface area contributed by atoms with Crippen molar-refractivity contribution < 1.29 is 13.9 Å². The van der Waals surface area contributed by atoms with Crippen molar-refractivity contribution in [3.8, 4) is 0 Å². The second-order valence-electron chi connectivity index (χ2n) is 8.83. The van der Waals surface area contributed by atoms with E-state index >= 15 is 0 Å². The lowest BCUT2D eigenvalue weighted by atomic mass is 10.1. The largest absolute Gasteiger partial charge is 0.439 e. The summed E-state index contributed by atoms with van der Waals surface area (Å²) in [5.41, 5.74) is 3.60. The van der Waals surface area contributed by atoms with Gasteiger partial charge in [-0.25, -0.2) is 14.2 Å². The molecule has 1 atom stereocenters. The Hall–Kier alpha value is -4.04. The van der Waals surface area contributed by atoms with Crippen molar-refractivity contribution in [3.05, 3.63) is 108 Å². The SMILES string of the molecule is O=C(Nc1ccc(N2CCN(c3ccc(Cl)cc3)CC2)cc1)O[C@@H](Cn1ccnc1)c1ccc(F)cc1. The van der Waals surface area contributed by atoms with Gasteiger partial charge < -0.3 is 19.1 Å². The van der Waals surface area contributed by atoms with Crippen LogP contribution in [0.15, 0.2) is 91.5 Å². The maximum absolute atomic E-state index is 13.4. The first kappa shape index (κ1) is 24.6. The fraction of sp³-hybridized carbons (Fsp3) is 0.214. The monoisotopic (exact) mass is 519 g/mol. The molecule has 1 fully saturated rings. The summed E-state index contributed by atoms with van der Waals surface area (Å²) in [6.07, 6.45) is 3.89. The highest BCUT2D eigenvalue weighted by Gasteiger charge is 2.20. The predicted molar refractivity (Wildman–Crippen MR) is 144 cm³/mol. The lowest BCUT2D eigenvalue weighted by Gasteiger charge is -2.37. The molecule has 1 amide bonds. The van der Waals surface area contributed by atoms with Crippen LogP contribution in [0.2, 0.25) is 5.02 Å². The van der Waals surface area contributed by atoms with E-state index in [2.05, 4.69) is 20.1 Å². The number of rotatable bonds is 7. The second kappa shape index (κ2) is 11.3. The number of anilines is 3. The van der Waals surface area contributed by atoms with Gasteiger partial charge in [-0.3, -0.25) is 5.32 Å². The summed E-state index contributed by atoms with van der Waals surface area (Å²) in [5, 5.41) is 3.54. The highest BCUT2D eigenvalue weighted by Crippen LogP contribution is 2.25. The van der Waals surface area contributed by atoms with Gasteiger partial charge in [0.05, 0.1) is 12.9 Å². The minimum absolute atomic E-state index is 0.346. The summed E-state index contributed by atoms with van der Waals surface area (Å²) in [4.78, 5) is 21.4. The maximum atomic E-state index is 13.4. The Kier molecular flexibility index (Phi) is 7.56. The number of hydrogen-bond acceptors (Lipinski definition) is 5. The zero-order valence-electron chi connectivity index (χ0n) is 20.1. The highest BCUT2D eigenvalue weighted by molar-refractivity contribution is 6.30. The summed E-state index contributed by atoms with van der Waals surface area (Å²) >= 11 is 6.01. The number of hydrogen-bond donors (Lipinski definition) is 1. The topological polar surface area (TPSA) is 62.6 Å². The summed E-state index contributed by atoms with van der Waals surface area (Å²) in [6.45, 7) is 3.97. The molecule has 5 rings (SSSR count). The molecule has 37 heavy (non-hydrogen) atoms. The highest BCUT2D eigenvalue weighted by atomic mass is 35.5. The molecule has 1 saturated heterocycles. The average Bonchev–Trinajstić information content (AvgIpc) is 3.43. The summed E-state index contributed by atoms with van der Waals surface area (Å²) in [7, 11) is 0. The van der Waals surface area contributed by atoms with Crippen molar-refractivity contribution in [2.24, 2.45) is 0 Å². The Morgan fingerprint density at radius 1 is 0.919 bits per heavy atom. The molecule has 3 aromatic carbocycles. The standard InChI is InChI=1S/C28H27ClFN5O2/c29-22-3-9-25(10-4-22)34-15-17-35(18-16-34)26-11-7-24(8-12-26)32-28(36)37-27(19-33-14-13-31-20-33)21-1-5-23(30)6-2-21/h1-14,20,27H,15-19H2,(H,32,36)/t27-/m0/s1. The van der Waals surface area contributed by atoms with Crippen molar-refractivity contribution >= 4 is 34.8 Å². The first-order valence-corrected chi connectivity index (χ1v) is 12.5. The van der Waals surface area contributed by atoms with Gasteiger partial charge in [0, 0.05) is 60.7 Å². The predicted octanol–water partition coefficient (Wildman–Crippen LogP) is 5.99. The number of carbonyl (C=O) groups excluding carboxylic acids is 1. The minimum Gasteiger partial charge on any atom is -0.439 e. The van der Waals surface area contributed by atoms with E-state index in [0.717, 1.165) is 36.9 Å². The van der Waals surface area contributed by atoms with Crippen LogP contribution in [0.4, 0.5) is 26.2 Å². The number of halogens is 2. The van der Waals surface area contributed by atoms with Gasteiger partial charge in [-0.15, -0.1) is 0 Å². The van der Waals surface area contributed by atoms with E-state index in [1.165, 1.54) is 17.8 Å². The zero-order chi connectivity index (χ0) is 25.6. The van der Waals surface area contributed by atoms with Gasteiger partial charge in [0.25, 0.3) is 0 Å². The van der Waals surface area contributed by atoms with Crippen LogP contribution in [0.3, 0.4) is 0 Å². The zero-order valence-corrected chi connectivity index (χ0v) is 20.9. The third-order valence-corrected chi connectivity index (χ3v) is 6.63. The van der Waals surface area contributed by atoms with E-state index in [1.54, 1.807) is 30.9 Å². The Bertz CT molecular complexity index is 1290. The van der Waals surface area contributed by atoms with Crippen molar-refractivity contribution in [3.63, 3.8) is 0 Å². The Morgan fingerprint density at radius 2 is 1.51 bits per heavy atom. The normalized spacial score (nSPS) is 14.3. The van der Waals surface area contributed by atoms with Gasteiger partial charge in [-0.05, 0) is 66.2 Å². The molecule has 0 radical (unpaired) electrons. The minimum atomic E-state index is -0.606. The van der Waals surface area contributed by atoms with Gasteiger partial charge in [0.2, 0.25) is 0 Å². The third-order valence-electron chi connectivity index (χ3n) is 6.38. The summed E-state index contributed by atoms with van der Waals surface area (Å²) in [5.74, 6) is -0.346. The first-order valence-electron chi connectivity index (χ1n) is 12.1. The molecule has 2 heterocycles. The van der Waals surface area contributed by atoms with Crippen LogP contribution >= 0.6 is 11.6 Å². The van der Waals surface area contributed by atoms with Gasteiger partial charge >= 0.3 is 6.09 Å². The molecule has 190 valence electrons. The van der Waals surface area contributed by atoms with Crippen molar-refractivity contribution in [2.45, 2.75) is 12.6 Å². The molecule has 0 bridgehead atoms. The van der Waals surface area contributed by atoms with Crippen LogP contribution in [0.1, 0.15) is 11.7 Å². The molecule has 9 heteroatoms. The number of piperazine rings is 1. The molecule has 4 aromatic rings. The van der Waals surface area contributed by atoms with Crippen LogP contribution in [-0.2, 0) is 11.3 Å². The smallest absolute Gasteiger partial charge is 0.412 e.